The number of hydrogen-bond donors (Lipinski definition) is 1. The van der Waals surface area contributed by atoms with Crippen LogP contribution in [0.2, 0.25) is 0 Å². The van der Waals surface area contributed by atoms with Gasteiger partial charge in [0, 0.05) is 25.2 Å². The number of anilines is 1. The van der Waals surface area contributed by atoms with Gasteiger partial charge in [-0.1, -0.05) is 27.7 Å². The number of ether oxygens (including phenoxy) is 1. The maximum Gasteiger partial charge on any atom is 0.270 e. The van der Waals surface area contributed by atoms with Gasteiger partial charge in [0.2, 0.25) is 10.0 Å². The lowest BCUT2D eigenvalue weighted by molar-refractivity contribution is -0.385. The molecule has 0 amide bonds. The third kappa shape index (κ3) is 6.76. The number of nitrogens with one attached hydrogen (secondary N) is 1. The molecular formula is C22H30N4O5S. The fourth-order valence-corrected chi connectivity index (χ4v) is 4.49. The van der Waals surface area contributed by atoms with E-state index in [1.165, 1.54) is 22.7 Å². The number of hydrogen-bond acceptors (Lipinski definition) is 7. The smallest absolute Gasteiger partial charge is 0.270 e. The molecule has 0 aliphatic carbocycles. The predicted octanol–water partition coefficient (Wildman–Crippen LogP) is 4.50. The number of non-ortho nitro benzene ring substituents is 1. The Morgan fingerprint density at radius 3 is 2.38 bits per heavy atom. The second-order valence-electron chi connectivity index (χ2n) is 7.50. The summed E-state index contributed by atoms with van der Waals surface area (Å²) < 4.78 is 32.9. The molecule has 0 radical (unpaired) electrons. The molecule has 9 nitrogen and oxygen atoms in total. The molecule has 0 aromatic heterocycles. The standard InChI is InChI=1S/C22H30N4O5S/c1-5-25(6-2)32(29,30)22-15-19(26(27)28)9-12-21(22)24-23-16-18-7-10-20(11-8-18)31-14-13-17(3)4/h7-12,15-17,24H,5-6,13-14H2,1-4H3/b23-16-. The first kappa shape index (κ1) is 25.3. The molecule has 0 saturated carbocycles. The van der Waals surface area contributed by atoms with Crippen LogP contribution in [0.1, 0.15) is 39.7 Å². The predicted molar refractivity (Wildman–Crippen MR) is 126 cm³/mol. The number of benzene rings is 2. The number of nitro benzene ring substituents is 1. The molecule has 0 atom stereocenters. The third-order valence-electron chi connectivity index (χ3n) is 4.74. The van der Waals surface area contributed by atoms with Crippen molar-refractivity contribution >= 4 is 27.6 Å². The number of sulfonamides is 1. The molecule has 0 heterocycles. The number of nitrogens with zero attached hydrogens (tertiary/aromatic N) is 3. The first-order chi connectivity index (χ1) is 15.2. The second kappa shape index (κ2) is 11.6. The van der Waals surface area contributed by atoms with E-state index in [1.807, 2.05) is 24.3 Å². The van der Waals surface area contributed by atoms with Gasteiger partial charge in [0.05, 0.1) is 23.4 Å². The van der Waals surface area contributed by atoms with Gasteiger partial charge < -0.3 is 4.74 Å². The Labute approximate surface area is 189 Å². The lowest BCUT2D eigenvalue weighted by Crippen LogP contribution is -2.31. The Hall–Kier alpha value is -2.98. The van der Waals surface area contributed by atoms with E-state index in [9.17, 15) is 18.5 Å². The molecule has 2 aromatic rings. The van der Waals surface area contributed by atoms with Crippen LogP contribution in [0, 0.1) is 16.0 Å². The van der Waals surface area contributed by atoms with Crippen molar-refractivity contribution in [1.29, 1.82) is 0 Å². The van der Waals surface area contributed by atoms with E-state index < -0.39 is 14.9 Å². The highest BCUT2D eigenvalue weighted by molar-refractivity contribution is 7.89. The fourth-order valence-electron chi connectivity index (χ4n) is 2.87. The van der Waals surface area contributed by atoms with Crippen LogP contribution < -0.4 is 10.2 Å². The lowest BCUT2D eigenvalue weighted by atomic mass is 10.1. The van der Waals surface area contributed by atoms with Gasteiger partial charge >= 0.3 is 0 Å². The van der Waals surface area contributed by atoms with Crippen LogP contribution in [0.3, 0.4) is 0 Å². The van der Waals surface area contributed by atoms with Crippen molar-refractivity contribution in [2.45, 2.75) is 39.0 Å². The molecule has 0 fully saturated rings. The van der Waals surface area contributed by atoms with E-state index in [1.54, 1.807) is 13.8 Å². The molecule has 2 aromatic carbocycles. The molecular weight excluding hydrogens is 432 g/mol. The molecule has 0 spiro atoms. The van der Waals surface area contributed by atoms with Gasteiger partial charge in [-0.25, -0.2) is 8.42 Å². The summed E-state index contributed by atoms with van der Waals surface area (Å²) in [5.74, 6) is 1.33. The summed E-state index contributed by atoms with van der Waals surface area (Å²) in [5.41, 5.74) is 3.34. The van der Waals surface area contributed by atoms with Crippen LogP contribution in [-0.4, -0.2) is 43.6 Å². The minimum absolute atomic E-state index is 0.160. The Kier molecular flexibility index (Phi) is 9.15. The van der Waals surface area contributed by atoms with Crippen molar-refractivity contribution in [2.75, 3.05) is 25.1 Å². The maximum atomic E-state index is 13.0. The fraction of sp³-hybridized carbons (Fsp3) is 0.409. The van der Waals surface area contributed by atoms with Gasteiger partial charge in [0.25, 0.3) is 5.69 Å². The molecule has 0 unspecified atom stereocenters. The molecule has 0 bridgehead atoms. The zero-order chi connectivity index (χ0) is 23.7. The Morgan fingerprint density at radius 1 is 1.16 bits per heavy atom. The molecule has 32 heavy (non-hydrogen) atoms. The van der Waals surface area contributed by atoms with E-state index in [2.05, 4.69) is 24.4 Å². The molecule has 174 valence electrons. The van der Waals surface area contributed by atoms with Crippen molar-refractivity contribution in [1.82, 2.24) is 4.31 Å². The summed E-state index contributed by atoms with van der Waals surface area (Å²) >= 11 is 0. The number of rotatable bonds is 12. The summed E-state index contributed by atoms with van der Waals surface area (Å²) in [4.78, 5) is 10.3. The highest BCUT2D eigenvalue weighted by atomic mass is 32.2. The van der Waals surface area contributed by atoms with Crippen LogP contribution in [0.25, 0.3) is 0 Å². The minimum atomic E-state index is -3.93. The first-order valence-corrected chi connectivity index (χ1v) is 11.9. The lowest BCUT2D eigenvalue weighted by Gasteiger charge is -2.20. The van der Waals surface area contributed by atoms with Gasteiger partial charge in [-0.2, -0.15) is 9.41 Å². The normalized spacial score (nSPS) is 11.9. The number of nitro groups is 1. The second-order valence-corrected chi connectivity index (χ2v) is 9.40. The highest BCUT2D eigenvalue weighted by Gasteiger charge is 2.27. The molecule has 0 aliphatic heterocycles. The molecule has 1 N–H and O–H groups in total. The van der Waals surface area contributed by atoms with E-state index >= 15 is 0 Å². The highest BCUT2D eigenvalue weighted by Crippen LogP contribution is 2.29. The Balaban J connectivity index is 2.20. The summed E-state index contributed by atoms with van der Waals surface area (Å²) in [7, 11) is -3.93. The monoisotopic (exact) mass is 462 g/mol. The summed E-state index contributed by atoms with van der Waals surface area (Å²) in [6.07, 6.45) is 2.51. The average molecular weight is 463 g/mol. The SMILES string of the molecule is CCN(CC)S(=O)(=O)c1cc([N+](=O)[O-])ccc1N/N=C\c1ccc(OCCC(C)C)cc1. The third-order valence-corrected chi connectivity index (χ3v) is 6.83. The molecule has 10 heteroatoms. The van der Waals surface area contributed by atoms with Crippen molar-refractivity contribution in [2.24, 2.45) is 11.0 Å². The largest absolute Gasteiger partial charge is 0.494 e. The minimum Gasteiger partial charge on any atom is -0.494 e. The van der Waals surface area contributed by atoms with Gasteiger partial charge in [0.15, 0.2) is 0 Å². The summed E-state index contributed by atoms with van der Waals surface area (Å²) in [6, 6.07) is 11.0. The van der Waals surface area contributed by atoms with Crippen LogP contribution in [0.4, 0.5) is 11.4 Å². The first-order valence-electron chi connectivity index (χ1n) is 10.5. The van der Waals surface area contributed by atoms with Gasteiger partial charge in [-0.3, -0.25) is 15.5 Å². The molecule has 2 rings (SSSR count). The van der Waals surface area contributed by atoms with Crippen molar-refractivity contribution < 1.29 is 18.1 Å². The molecule has 0 saturated heterocycles. The number of hydrazone groups is 1. The maximum absolute atomic E-state index is 13.0. The van der Waals surface area contributed by atoms with Crippen LogP contribution >= 0.6 is 0 Å². The van der Waals surface area contributed by atoms with Crippen LogP contribution in [0.15, 0.2) is 52.5 Å². The van der Waals surface area contributed by atoms with Gasteiger partial charge in [0.1, 0.15) is 10.6 Å². The van der Waals surface area contributed by atoms with Crippen LogP contribution in [0.5, 0.6) is 5.75 Å². The van der Waals surface area contributed by atoms with Crippen molar-refractivity contribution in [3.63, 3.8) is 0 Å². The van der Waals surface area contributed by atoms with Gasteiger partial charge in [-0.15, -0.1) is 0 Å². The zero-order valence-corrected chi connectivity index (χ0v) is 19.6. The quantitative estimate of drug-likeness (QED) is 0.282. The van der Waals surface area contributed by atoms with E-state index in [4.69, 9.17) is 4.74 Å². The summed E-state index contributed by atoms with van der Waals surface area (Å²) in [6.45, 7) is 8.83. The van der Waals surface area contributed by atoms with E-state index in [0.717, 1.165) is 23.8 Å². The average Bonchev–Trinajstić information content (AvgIpc) is 2.75. The van der Waals surface area contributed by atoms with Crippen molar-refractivity contribution in [3.05, 3.63) is 58.1 Å². The zero-order valence-electron chi connectivity index (χ0n) is 18.8. The van der Waals surface area contributed by atoms with E-state index in [-0.39, 0.29) is 29.4 Å². The van der Waals surface area contributed by atoms with Gasteiger partial charge in [-0.05, 0) is 48.2 Å². The van der Waals surface area contributed by atoms with Crippen molar-refractivity contribution in [3.8, 4) is 5.75 Å². The summed E-state index contributed by atoms with van der Waals surface area (Å²) in [5, 5.41) is 15.3. The molecule has 0 aliphatic rings. The Morgan fingerprint density at radius 2 is 1.81 bits per heavy atom. The topological polar surface area (TPSA) is 114 Å². The Bertz CT molecular complexity index is 1030. The van der Waals surface area contributed by atoms with Crippen LogP contribution in [-0.2, 0) is 10.0 Å². The van der Waals surface area contributed by atoms with E-state index in [0.29, 0.717) is 12.5 Å².